The summed E-state index contributed by atoms with van der Waals surface area (Å²) in [5.41, 5.74) is -0.134. The highest BCUT2D eigenvalue weighted by Crippen LogP contribution is 2.62. The number of hydrogen-bond donors (Lipinski definition) is 2. The Morgan fingerprint density at radius 3 is 1.52 bits per heavy atom. The highest BCUT2D eigenvalue weighted by atomic mass is 16.2. The molecule has 11 aliphatic rings. The van der Waals surface area contributed by atoms with Gasteiger partial charge in [0.05, 0.1) is 0 Å². The lowest BCUT2D eigenvalue weighted by Gasteiger charge is -2.57. The van der Waals surface area contributed by atoms with Crippen LogP contribution in [0.15, 0.2) is 0 Å². The fraction of sp³-hybridized carbons (Fsp3) is 0.944. The molecule has 0 aromatic rings. The van der Waals surface area contributed by atoms with Gasteiger partial charge in [0, 0.05) is 22.9 Å². The minimum absolute atomic E-state index is 0.0660. The molecule has 0 aliphatic heterocycles. The molecule has 4 heteroatoms. The number of hydrogen-bond acceptors (Lipinski definition) is 2. The molecule has 11 fully saturated rings. The van der Waals surface area contributed by atoms with Crippen LogP contribution in [0.25, 0.3) is 0 Å². The fourth-order valence-corrected chi connectivity index (χ4v) is 14.6. The maximum Gasteiger partial charge on any atom is 0.226 e. The van der Waals surface area contributed by atoms with Crippen molar-refractivity contribution in [2.24, 2.45) is 70.0 Å². The zero-order valence-corrected chi connectivity index (χ0v) is 24.9. The summed E-state index contributed by atoms with van der Waals surface area (Å²) in [4.78, 5) is 28.4. The minimum Gasteiger partial charge on any atom is -0.353 e. The first-order valence-corrected chi connectivity index (χ1v) is 18.1. The van der Waals surface area contributed by atoms with Crippen molar-refractivity contribution >= 4 is 11.8 Å². The Balaban J connectivity index is 0.960. The van der Waals surface area contributed by atoms with Gasteiger partial charge in [0.25, 0.3) is 0 Å². The van der Waals surface area contributed by atoms with Crippen LogP contribution in [-0.4, -0.2) is 23.9 Å². The molecule has 11 aliphatic carbocycles. The fourth-order valence-electron chi connectivity index (χ4n) is 14.6. The van der Waals surface area contributed by atoms with E-state index in [-0.39, 0.29) is 22.9 Å². The van der Waals surface area contributed by atoms with Crippen LogP contribution in [-0.2, 0) is 9.59 Å². The Labute approximate surface area is 242 Å². The minimum atomic E-state index is -0.0678. The first-order valence-electron chi connectivity index (χ1n) is 18.1. The highest BCUT2D eigenvalue weighted by Gasteiger charge is 2.57. The van der Waals surface area contributed by atoms with Gasteiger partial charge in [-0.3, -0.25) is 9.59 Å². The molecular formula is C36H54N2O2. The highest BCUT2D eigenvalue weighted by molar-refractivity contribution is 5.84. The van der Waals surface area contributed by atoms with Gasteiger partial charge in [-0.2, -0.15) is 0 Å². The molecule has 0 aromatic carbocycles. The summed E-state index contributed by atoms with van der Waals surface area (Å²) in [6.45, 7) is 0. The predicted molar refractivity (Wildman–Crippen MR) is 156 cm³/mol. The molecule has 6 unspecified atom stereocenters. The van der Waals surface area contributed by atoms with Gasteiger partial charge in [0.1, 0.15) is 0 Å². The Hall–Kier alpha value is -1.06. The summed E-state index contributed by atoms with van der Waals surface area (Å²) in [6.07, 6.45) is 25.7. The van der Waals surface area contributed by atoms with E-state index < -0.39 is 0 Å². The summed E-state index contributed by atoms with van der Waals surface area (Å²) in [5, 5.41) is 7.57. The van der Waals surface area contributed by atoms with Crippen LogP contribution in [0, 0.1) is 70.0 Å². The molecule has 11 saturated carbocycles. The third-order valence-electron chi connectivity index (χ3n) is 15.2. The monoisotopic (exact) mass is 546 g/mol. The van der Waals surface area contributed by atoms with Crippen LogP contribution in [0.2, 0.25) is 0 Å². The van der Waals surface area contributed by atoms with E-state index in [9.17, 15) is 9.59 Å². The van der Waals surface area contributed by atoms with E-state index in [2.05, 4.69) is 10.6 Å². The number of carbonyl (C=O) groups excluding carboxylic acids is 2. The van der Waals surface area contributed by atoms with Crippen LogP contribution in [0.1, 0.15) is 128 Å². The van der Waals surface area contributed by atoms with Gasteiger partial charge in [0.2, 0.25) is 11.8 Å². The second-order valence-electron chi connectivity index (χ2n) is 17.7. The van der Waals surface area contributed by atoms with E-state index in [1.54, 1.807) is 0 Å². The first-order chi connectivity index (χ1) is 19.4. The molecule has 11 rings (SSSR count). The maximum atomic E-state index is 14.3. The van der Waals surface area contributed by atoms with Crippen molar-refractivity contribution in [3.8, 4) is 0 Å². The molecule has 4 nitrogen and oxygen atoms in total. The second-order valence-corrected chi connectivity index (χ2v) is 17.7. The molecule has 8 bridgehead atoms. The van der Waals surface area contributed by atoms with Crippen LogP contribution in [0.3, 0.4) is 0 Å². The van der Waals surface area contributed by atoms with Crippen LogP contribution >= 0.6 is 0 Å². The van der Waals surface area contributed by atoms with Crippen molar-refractivity contribution in [1.29, 1.82) is 0 Å². The van der Waals surface area contributed by atoms with Gasteiger partial charge in [-0.1, -0.05) is 19.3 Å². The summed E-state index contributed by atoms with van der Waals surface area (Å²) < 4.78 is 0. The molecule has 0 spiro atoms. The lowest BCUT2D eigenvalue weighted by atomic mass is 9.49. The van der Waals surface area contributed by atoms with Gasteiger partial charge in [-0.15, -0.1) is 0 Å². The maximum absolute atomic E-state index is 14.3. The molecule has 220 valence electrons. The first kappa shape index (κ1) is 25.4. The van der Waals surface area contributed by atoms with E-state index in [1.165, 1.54) is 83.5 Å². The summed E-state index contributed by atoms with van der Waals surface area (Å²) in [5.74, 6) is 8.72. The van der Waals surface area contributed by atoms with Crippen molar-refractivity contribution in [2.75, 3.05) is 0 Å². The lowest BCUT2D eigenvalue weighted by molar-refractivity contribution is -0.149. The Morgan fingerprint density at radius 1 is 0.475 bits per heavy atom. The molecule has 0 radical (unpaired) electrons. The molecule has 6 atom stereocenters. The third kappa shape index (κ3) is 4.02. The average molecular weight is 547 g/mol. The molecular weight excluding hydrogens is 492 g/mol. The molecule has 0 heterocycles. The van der Waals surface area contributed by atoms with Crippen LogP contribution in [0.5, 0.6) is 0 Å². The van der Waals surface area contributed by atoms with Crippen molar-refractivity contribution in [3.63, 3.8) is 0 Å². The van der Waals surface area contributed by atoms with Crippen LogP contribution < -0.4 is 10.6 Å². The number of nitrogens with one attached hydrogen (secondary N) is 2. The molecule has 40 heavy (non-hydrogen) atoms. The molecule has 0 aromatic heterocycles. The predicted octanol–water partition coefficient (Wildman–Crippen LogP) is 7.02. The third-order valence-corrected chi connectivity index (χ3v) is 15.2. The average Bonchev–Trinajstić information content (AvgIpc) is 2.91. The zero-order chi connectivity index (χ0) is 26.6. The van der Waals surface area contributed by atoms with E-state index in [0.717, 1.165) is 92.3 Å². The van der Waals surface area contributed by atoms with Gasteiger partial charge in [-0.05, 0) is 168 Å². The number of rotatable bonds is 4. The van der Waals surface area contributed by atoms with E-state index in [1.807, 2.05) is 0 Å². The van der Waals surface area contributed by atoms with Crippen molar-refractivity contribution in [2.45, 2.75) is 141 Å². The van der Waals surface area contributed by atoms with E-state index >= 15 is 0 Å². The SMILES string of the molecule is O=C(NC1CC(NC(=O)C23CC4CC(CC(C4)C2)C3)C2CCC3CCCCC3C2C1)C12CC3CC(CC(C3)C1)C2. The summed E-state index contributed by atoms with van der Waals surface area (Å²) in [6, 6.07) is 0.521. The Kier molecular flexibility index (Phi) is 5.86. The van der Waals surface area contributed by atoms with Gasteiger partial charge >= 0.3 is 0 Å². The summed E-state index contributed by atoms with van der Waals surface area (Å²) >= 11 is 0. The Bertz CT molecular complexity index is 979. The molecule has 0 saturated heterocycles. The van der Waals surface area contributed by atoms with E-state index in [4.69, 9.17) is 0 Å². The number of carbonyl (C=O) groups is 2. The quantitative estimate of drug-likeness (QED) is 0.398. The molecule has 2 amide bonds. The smallest absolute Gasteiger partial charge is 0.226 e. The number of amides is 2. The normalized spacial score (nSPS) is 55.4. The number of fused-ring (bicyclic) bond motifs is 3. The molecule has 2 N–H and O–H groups in total. The largest absolute Gasteiger partial charge is 0.353 e. The summed E-state index contributed by atoms with van der Waals surface area (Å²) in [7, 11) is 0. The topological polar surface area (TPSA) is 58.2 Å². The van der Waals surface area contributed by atoms with E-state index in [0.29, 0.717) is 23.7 Å². The second kappa shape index (κ2) is 9.22. The van der Waals surface area contributed by atoms with Gasteiger partial charge < -0.3 is 10.6 Å². The standard InChI is InChI=1S/C36H54N2O2/c39-33(35-15-21-7-22(16-35)9-23(8-21)17-35)37-28-13-31-29-4-2-1-3-27(29)5-6-30(31)32(14-28)38-34(40)36-18-24-10-25(19-36)12-26(11-24)20-36/h21-32H,1-20H2,(H,37,39)(H,38,40). The van der Waals surface area contributed by atoms with Gasteiger partial charge in [-0.25, -0.2) is 0 Å². The lowest BCUT2D eigenvalue weighted by Crippen LogP contribution is -2.61. The zero-order valence-electron chi connectivity index (χ0n) is 24.9. The Morgan fingerprint density at radius 2 is 0.975 bits per heavy atom. The van der Waals surface area contributed by atoms with Crippen LogP contribution in [0.4, 0.5) is 0 Å². The van der Waals surface area contributed by atoms with Crippen molar-refractivity contribution in [1.82, 2.24) is 10.6 Å². The van der Waals surface area contributed by atoms with Crippen molar-refractivity contribution in [3.05, 3.63) is 0 Å². The van der Waals surface area contributed by atoms with Crippen molar-refractivity contribution < 1.29 is 9.59 Å². The van der Waals surface area contributed by atoms with Gasteiger partial charge in [0.15, 0.2) is 0 Å².